The van der Waals surface area contributed by atoms with Crippen LogP contribution in [-0.2, 0) is 0 Å². The molecule has 0 spiro atoms. The predicted octanol–water partition coefficient (Wildman–Crippen LogP) is 29.3. The zero-order valence-electron chi connectivity index (χ0n) is 57.3. The molecule has 0 aliphatic heterocycles. The smallest absolute Gasteiger partial charge is 0.00262 e. The Bertz CT molecular complexity index is 6540. The van der Waals surface area contributed by atoms with Gasteiger partial charge in [-0.05, 0) is 228 Å². The molecule has 0 aliphatic carbocycles. The first kappa shape index (κ1) is 61.6. The molecule has 0 nitrogen and oxygen atoms in total. The van der Waals surface area contributed by atoms with Crippen molar-refractivity contribution in [3.05, 3.63) is 413 Å². The minimum atomic E-state index is 1.22. The molecule has 0 unspecified atom stereocenters. The summed E-state index contributed by atoms with van der Waals surface area (Å²) in [6, 6.07) is 151. The van der Waals surface area contributed by atoms with Crippen molar-refractivity contribution < 1.29 is 0 Å². The summed E-state index contributed by atoms with van der Waals surface area (Å²) in [7, 11) is 0. The highest BCUT2D eigenvalue weighted by Gasteiger charge is 2.20. The minimum absolute atomic E-state index is 1.22. The Balaban J connectivity index is 0.000000143. The Morgan fingerprint density at radius 3 is 0.712 bits per heavy atom. The van der Waals surface area contributed by atoms with Gasteiger partial charge in [0.1, 0.15) is 0 Å². The molecule has 484 valence electrons. The Morgan fingerprint density at radius 2 is 0.317 bits per heavy atom. The maximum atomic E-state index is 2.38. The largest absolute Gasteiger partial charge is 0.0622 e. The van der Waals surface area contributed by atoms with Crippen LogP contribution in [0.1, 0.15) is 0 Å². The SMILES string of the molecule is c1ccc(-c2ccc(-c3ccc4ccc(-c5c6ccccc6c(-c6ccc(-c7cccc8ccccc78)cc6)c6ccccc56)cc4c3)cc2)cc1.c1ccc(-c2cccc(-c3ccc4ccc(-c5c6ccccc6c(-c6ccc(-c7cccc8ccccc78)cc6)c6ccccc56)cc4c3)c2)cc1. The van der Waals surface area contributed by atoms with Gasteiger partial charge in [0.05, 0.1) is 0 Å². The normalized spacial score (nSPS) is 11.5. The number of hydrogen-bond acceptors (Lipinski definition) is 0. The van der Waals surface area contributed by atoms with Gasteiger partial charge in [-0.25, -0.2) is 0 Å². The van der Waals surface area contributed by atoms with Gasteiger partial charge in [0, 0.05) is 0 Å². The number of hydrogen-bond donors (Lipinski definition) is 0. The average Bonchev–Trinajstić information content (AvgIpc) is 0.736. The fourth-order valence-corrected chi connectivity index (χ4v) is 16.2. The Morgan fingerprint density at radius 1 is 0.0962 bits per heavy atom. The second kappa shape index (κ2) is 26.5. The van der Waals surface area contributed by atoms with Gasteiger partial charge in [-0.1, -0.05) is 382 Å². The first-order chi connectivity index (χ1) is 51.6. The third kappa shape index (κ3) is 11.3. The van der Waals surface area contributed by atoms with Crippen molar-refractivity contribution in [1.29, 1.82) is 0 Å². The molecule has 0 saturated heterocycles. The fourth-order valence-electron chi connectivity index (χ4n) is 16.2. The lowest BCUT2D eigenvalue weighted by Crippen LogP contribution is -1.91. The quantitative estimate of drug-likeness (QED) is 0.120. The molecule has 0 bridgehead atoms. The molecule has 0 saturated carbocycles. The van der Waals surface area contributed by atoms with Crippen molar-refractivity contribution in [1.82, 2.24) is 0 Å². The summed E-state index contributed by atoms with van der Waals surface area (Å²) in [6.07, 6.45) is 0. The maximum absolute atomic E-state index is 2.38. The van der Waals surface area contributed by atoms with Gasteiger partial charge in [0.25, 0.3) is 0 Å². The van der Waals surface area contributed by atoms with Crippen molar-refractivity contribution in [3.63, 3.8) is 0 Å². The Kier molecular flexibility index (Phi) is 15.7. The second-order valence-corrected chi connectivity index (χ2v) is 27.3. The van der Waals surface area contributed by atoms with Crippen LogP contribution in [-0.4, -0.2) is 0 Å². The van der Waals surface area contributed by atoms with Crippen molar-refractivity contribution in [2.75, 3.05) is 0 Å². The number of benzene rings is 20. The minimum Gasteiger partial charge on any atom is -0.0622 e. The van der Waals surface area contributed by atoms with Crippen molar-refractivity contribution in [3.8, 4) is 111 Å². The summed E-state index contributed by atoms with van der Waals surface area (Å²) in [5, 5.41) is 20.2. The molecule has 104 heavy (non-hydrogen) atoms. The number of fused-ring (bicyclic) bond motifs is 8. The van der Waals surface area contributed by atoms with Crippen LogP contribution in [0.15, 0.2) is 413 Å². The number of rotatable bonds is 10. The molecule has 20 rings (SSSR count). The zero-order valence-corrected chi connectivity index (χ0v) is 57.3. The Hall–Kier alpha value is -13.5. The molecule has 0 aliphatic rings. The summed E-state index contributed by atoms with van der Waals surface area (Å²) in [4.78, 5) is 0. The van der Waals surface area contributed by atoms with Crippen molar-refractivity contribution >= 4 is 86.2 Å². The van der Waals surface area contributed by atoms with E-state index in [1.165, 1.54) is 197 Å². The van der Waals surface area contributed by atoms with E-state index in [9.17, 15) is 0 Å². The maximum Gasteiger partial charge on any atom is -0.00262 e. The molecular weight excluding hydrogens is 1250 g/mol. The topological polar surface area (TPSA) is 0 Å². The lowest BCUT2D eigenvalue weighted by atomic mass is 9.85. The first-order valence-corrected chi connectivity index (χ1v) is 36.0. The van der Waals surface area contributed by atoms with Crippen LogP contribution < -0.4 is 0 Å². The van der Waals surface area contributed by atoms with Crippen LogP contribution >= 0.6 is 0 Å². The molecule has 0 heterocycles. The third-order valence-electron chi connectivity index (χ3n) is 21.3. The molecule has 0 radical (unpaired) electrons. The molecule has 0 amide bonds. The molecule has 0 N–H and O–H groups in total. The molecule has 0 fully saturated rings. The highest BCUT2D eigenvalue weighted by atomic mass is 14.2. The van der Waals surface area contributed by atoms with E-state index in [0.29, 0.717) is 0 Å². The summed E-state index contributed by atoms with van der Waals surface area (Å²) in [5.74, 6) is 0. The van der Waals surface area contributed by atoms with E-state index in [1.54, 1.807) is 0 Å². The molecule has 0 aromatic heterocycles. The first-order valence-electron chi connectivity index (χ1n) is 36.0. The molecule has 0 atom stereocenters. The summed E-state index contributed by atoms with van der Waals surface area (Å²) < 4.78 is 0. The molecule has 0 heteroatoms. The fraction of sp³-hybridized carbons (Fsp3) is 0. The summed E-state index contributed by atoms with van der Waals surface area (Å²) in [6.45, 7) is 0. The van der Waals surface area contributed by atoms with Gasteiger partial charge in [-0.3, -0.25) is 0 Å². The summed E-state index contributed by atoms with van der Waals surface area (Å²) >= 11 is 0. The highest BCUT2D eigenvalue weighted by Crippen LogP contribution is 2.48. The molecule has 20 aromatic rings. The van der Waals surface area contributed by atoms with Gasteiger partial charge >= 0.3 is 0 Å². The zero-order chi connectivity index (χ0) is 68.9. The van der Waals surface area contributed by atoms with Crippen LogP contribution in [0.5, 0.6) is 0 Å². The van der Waals surface area contributed by atoms with Crippen LogP contribution in [0.3, 0.4) is 0 Å². The average molecular weight is 1320 g/mol. The van der Waals surface area contributed by atoms with Crippen LogP contribution in [0, 0.1) is 0 Å². The standard InChI is InChI=1S/2C52H34/c1-2-12-35(13-3-1)40-16-10-17-41(32-40)42-30-24-36-25-31-43(34-44(36)33-42)52-49-21-8-6-19-47(49)51(48-20-7-9-22-50(48)52)39-28-26-38(27-29-39)46-23-11-15-37-14-4-5-18-45(37)46;1-2-11-35(12-3-1)36-21-23-37(24-22-36)42-31-25-38-26-32-43(34-44(38)33-42)52-49-18-8-6-16-47(49)51(48-17-7-9-19-50(48)52)41-29-27-40(28-30-41)46-20-10-14-39-13-4-5-15-45(39)46/h2*1-34H. The van der Waals surface area contributed by atoms with Gasteiger partial charge < -0.3 is 0 Å². The highest BCUT2D eigenvalue weighted by molar-refractivity contribution is 6.23. The van der Waals surface area contributed by atoms with E-state index in [4.69, 9.17) is 0 Å². The van der Waals surface area contributed by atoms with Crippen LogP contribution in [0.25, 0.3) is 197 Å². The lowest BCUT2D eigenvalue weighted by molar-refractivity contribution is 1.60. The van der Waals surface area contributed by atoms with E-state index in [0.717, 1.165) is 0 Å². The molecular formula is C104H68. The van der Waals surface area contributed by atoms with Gasteiger partial charge in [-0.2, -0.15) is 0 Å². The van der Waals surface area contributed by atoms with Crippen molar-refractivity contribution in [2.24, 2.45) is 0 Å². The van der Waals surface area contributed by atoms with Gasteiger partial charge in [0.2, 0.25) is 0 Å². The molecule has 20 aromatic carbocycles. The lowest BCUT2D eigenvalue weighted by Gasteiger charge is -2.18. The van der Waals surface area contributed by atoms with E-state index >= 15 is 0 Å². The summed E-state index contributed by atoms with van der Waals surface area (Å²) in [5.41, 5.74) is 24.8. The van der Waals surface area contributed by atoms with Crippen LogP contribution in [0.2, 0.25) is 0 Å². The van der Waals surface area contributed by atoms with Gasteiger partial charge in [0.15, 0.2) is 0 Å². The van der Waals surface area contributed by atoms with Gasteiger partial charge in [-0.15, -0.1) is 0 Å². The third-order valence-corrected chi connectivity index (χ3v) is 21.3. The predicted molar refractivity (Wildman–Crippen MR) is 447 cm³/mol. The van der Waals surface area contributed by atoms with Crippen LogP contribution in [0.4, 0.5) is 0 Å². The van der Waals surface area contributed by atoms with E-state index < -0.39 is 0 Å². The van der Waals surface area contributed by atoms with E-state index in [2.05, 4.69) is 413 Å². The second-order valence-electron chi connectivity index (χ2n) is 27.3. The van der Waals surface area contributed by atoms with Crippen molar-refractivity contribution in [2.45, 2.75) is 0 Å². The van der Waals surface area contributed by atoms with E-state index in [-0.39, 0.29) is 0 Å². The van der Waals surface area contributed by atoms with E-state index in [1.807, 2.05) is 0 Å². The Labute approximate surface area is 606 Å². The monoisotopic (exact) mass is 1320 g/mol.